The van der Waals surface area contributed by atoms with Crippen LogP contribution in [0.25, 0.3) is 0 Å². The van der Waals surface area contributed by atoms with Gasteiger partial charge in [0.2, 0.25) is 5.91 Å². The Morgan fingerprint density at radius 2 is 2.03 bits per heavy atom. The van der Waals surface area contributed by atoms with Crippen molar-refractivity contribution in [3.63, 3.8) is 0 Å². The number of hydrogen-bond acceptors (Lipinski definition) is 7. The van der Waals surface area contributed by atoms with Crippen LogP contribution in [0.15, 0.2) is 30.6 Å². The Kier molecular flexibility index (Phi) is 6.74. The summed E-state index contributed by atoms with van der Waals surface area (Å²) in [5.41, 5.74) is 0.662. The van der Waals surface area contributed by atoms with Gasteiger partial charge in [0.15, 0.2) is 0 Å². The molecule has 166 valence electrons. The molecular weight excluding hydrogens is 394 g/mol. The number of carbonyl (C=O) groups excluding carboxylic acids is 1. The van der Waals surface area contributed by atoms with Crippen molar-refractivity contribution in [2.24, 2.45) is 5.92 Å². The van der Waals surface area contributed by atoms with Gasteiger partial charge in [0, 0.05) is 37.7 Å². The van der Waals surface area contributed by atoms with E-state index >= 15 is 0 Å². The van der Waals surface area contributed by atoms with Crippen LogP contribution in [-0.2, 0) is 4.79 Å². The molecule has 1 aliphatic carbocycles. The van der Waals surface area contributed by atoms with E-state index in [0.717, 1.165) is 44.0 Å². The second-order valence-corrected chi connectivity index (χ2v) is 8.29. The van der Waals surface area contributed by atoms with Crippen molar-refractivity contribution < 1.29 is 14.3 Å². The second kappa shape index (κ2) is 9.85. The summed E-state index contributed by atoms with van der Waals surface area (Å²) in [7, 11) is 3.19. The fourth-order valence-corrected chi connectivity index (χ4v) is 3.99. The molecule has 31 heavy (non-hydrogen) atoms. The van der Waals surface area contributed by atoms with E-state index in [1.807, 2.05) is 12.1 Å². The number of hydrogen-bond donors (Lipinski definition) is 2. The Bertz CT molecular complexity index is 903. The van der Waals surface area contributed by atoms with E-state index in [0.29, 0.717) is 35.6 Å². The normalized spacial score (nSPS) is 18.4. The van der Waals surface area contributed by atoms with Crippen LogP contribution in [-0.4, -0.2) is 49.2 Å². The lowest BCUT2D eigenvalue weighted by molar-refractivity contribution is -0.116. The summed E-state index contributed by atoms with van der Waals surface area (Å²) in [4.78, 5) is 23.7. The highest BCUT2D eigenvalue weighted by atomic mass is 16.5. The SMILES string of the molecule is COc1ccc(NC(=O)CCC2CCCN(c3cc(NC4CC4)ncn3)C2)c(OC)c1. The van der Waals surface area contributed by atoms with E-state index in [4.69, 9.17) is 9.47 Å². The number of aromatic nitrogens is 2. The minimum atomic E-state index is -0.00135. The van der Waals surface area contributed by atoms with Crippen molar-refractivity contribution in [1.82, 2.24) is 9.97 Å². The molecule has 2 aliphatic rings. The molecule has 8 nitrogen and oxygen atoms in total. The van der Waals surface area contributed by atoms with E-state index < -0.39 is 0 Å². The van der Waals surface area contributed by atoms with Crippen LogP contribution in [0.1, 0.15) is 38.5 Å². The summed E-state index contributed by atoms with van der Waals surface area (Å²) >= 11 is 0. The number of piperidine rings is 1. The Balaban J connectivity index is 1.29. The number of nitrogens with zero attached hydrogens (tertiary/aromatic N) is 3. The number of amides is 1. The molecule has 1 aromatic heterocycles. The molecule has 2 fully saturated rings. The molecule has 1 atom stereocenters. The molecule has 1 unspecified atom stereocenters. The fraction of sp³-hybridized carbons (Fsp3) is 0.522. The van der Waals surface area contributed by atoms with Gasteiger partial charge < -0.3 is 25.0 Å². The minimum Gasteiger partial charge on any atom is -0.497 e. The second-order valence-electron chi connectivity index (χ2n) is 8.29. The van der Waals surface area contributed by atoms with Gasteiger partial charge in [0.05, 0.1) is 19.9 Å². The smallest absolute Gasteiger partial charge is 0.224 e. The number of ether oxygens (including phenoxy) is 2. The van der Waals surface area contributed by atoms with E-state index in [1.165, 1.54) is 12.8 Å². The number of anilines is 3. The van der Waals surface area contributed by atoms with Crippen LogP contribution in [0.5, 0.6) is 11.5 Å². The zero-order chi connectivity index (χ0) is 21.6. The highest BCUT2D eigenvalue weighted by molar-refractivity contribution is 5.92. The molecule has 1 amide bonds. The maximum Gasteiger partial charge on any atom is 0.224 e. The Morgan fingerprint density at radius 1 is 1.16 bits per heavy atom. The van der Waals surface area contributed by atoms with Gasteiger partial charge in [-0.1, -0.05) is 0 Å². The predicted octanol–water partition coefficient (Wildman–Crippen LogP) is 3.70. The summed E-state index contributed by atoms with van der Waals surface area (Å²) in [6, 6.07) is 8.00. The van der Waals surface area contributed by atoms with E-state index in [2.05, 4.69) is 25.5 Å². The van der Waals surface area contributed by atoms with Crippen LogP contribution < -0.4 is 25.0 Å². The topological polar surface area (TPSA) is 88.6 Å². The van der Waals surface area contributed by atoms with Crippen LogP contribution in [0.3, 0.4) is 0 Å². The minimum absolute atomic E-state index is 0.00135. The molecule has 0 spiro atoms. The average Bonchev–Trinajstić information content (AvgIpc) is 3.62. The lowest BCUT2D eigenvalue weighted by Crippen LogP contribution is -2.36. The number of nitrogens with one attached hydrogen (secondary N) is 2. The third-order valence-electron chi connectivity index (χ3n) is 5.89. The van der Waals surface area contributed by atoms with Gasteiger partial charge in [-0.05, 0) is 50.2 Å². The number of benzene rings is 1. The molecular formula is C23H31N5O3. The number of methoxy groups -OCH3 is 2. The zero-order valence-electron chi connectivity index (χ0n) is 18.3. The third kappa shape index (κ3) is 5.77. The average molecular weight is 426 g/mol. The summed E-state index contributed by atoms with van der Waals surface area (Å²) in [6.45, 7) is 1.91. The molecule has 2 N–H and O–H groups in total. The van der Waals surface area contributed by atoms with Crippen LogP contribution in [0.2, 0.25) is 0 Å². The first-order chi connectivity index (χ1) is 15.1. The lowest BCUT2D eigenvalue weighted by atomic mass is 9.93. The summed E-state index contributed by atoms with van der Waals surface area (Å²) < 4.78 is 10.6. The van der Waals surface area contributed by atoms with Crippen molar-refractivity contribution >= 4 is 23.2 Å². The van der Waals surface area contributed by atoms with Crippen LogP contribution in [0.4, 0.5) is 17.3 Å². The first-order valence-corrected chi connectivity index (χ1v) is 11.0. The predicted molar refractivity (Wildman–Crippen MR) is 121 cm³/mol. The van der Waals surface area contributed by atoms with Crippen molar-refractivity contribution in [3.8, 4) is 11.5 Å². The summed E-state index contributed by atoms with van der Waals surface area (Å²) in [6.07, 6.45) is 7.64. The zero-order valence-corrected chi connectivity index (χ0v) is 18.3. The first kappa shape index (κ1) is 21.2. The highest BCUT2D eigenvalue weighted by Gasteiger charge is 2.24. The quantitative estimate of drug-likeness (QED) is 0.633. The Morgan fingerprint density at radius 3 is 2.81 bits per heavy atom. The lowest BCUT2D eigenvalue weighted by Gasteiger charge is -2.33. The maximum atomic E-state index is 12.5. The number of rotatable bonds is 9. The molecule has 2 aromatic rings. The molecule has 8 heteroatoms. The van der Waals surface area contributed by atoms with Gasteiger partial charge in [-0.3, -0.25) is 4.79 Å². The van der Waals surface area contributed by atoms with Crippen molar-refractivity contribution in [3.05, 3.63) is 30.6 Å². The molecule has 0 bridgehead atoms. The molecule has 1 aliphatic heterocycles. The molecule has 2 heterocycles. The van der Waals surface area contributed by atoms with E-state index in [-0.39, 0.29) is 5.91 Å². The van der Waals surface area contributed by atoms with Crippen LogP contribution >= 0.6 is 0 Å². The maximum absolute atomic E-state index is 12.5. The first-order valence-electron chi connectivity index (χ1n) is 11.0. The Hall–Kier alpha value is -3.03. The number of carbonyl (C=O) groups is 1. The van der Waals surface area contributed by atoms with E-state index in [1.54, 1.807) is 32.7 Å². The van der Waals surface area contributed by atoms with Crippen LogP contribution in [0, 0.1) is 5.92 Å². The monoisotopic (exact) mass is 425 g/mol. The fourth-order valence-electron chi connectivity index (χ4n) is 3.99. The summed E-state index contributed by atoms with van der Waals surface area (Å²) in [5, 5.41) is 6.40. The van der Waals surface area contributed by atoms with Gasteiger partial charge in [-0.2, -0.15) is 0 Å². The molecule has 1 aromatic carbocycles. The molecule has 1 saturated carbocycles. The molecule has 4 rings (SSSR count). The Labute approximate surface area is 183 Å². The van der Waals surface area contributed by atoms with Crippen molar-refractivity contribution in [2.75, 3.05) is 42.8 Å². The van der Waals surface area contributed by atoms with Gasteiger partial charge in [0.1, 0.15) is 29.5 Å². The van der Waals surface area contributed by atoms with Crippen molar-refractivity contribution in [1.29, 1.82) is 0 Å². The van der Waals surface area contributed by atoms with E-state index in [9.17, 15) is 4.79 Å². The molecule has 0 radical (unpaired) electrons. The van der Waals surface area contributed by atoms with Gasteiger partial charge in [-0.25, -0.2) is 9.97 Å². The largest absolute Gasteiger partial charge is 0.497 e. The standard InChI is InChI=1S/C23H31N5O3/c1-30-18-8-9-19(20(12-18)31-2)27-23(29)10-5-16-4-3-11-28(14-16)22-13-21(24-15-25-22)26-17-6-7-17/h8-9,12-13,15-17H,3-7,10-11,14H2,1-2H3,(H,27,29)(H,24,25,26). The third-order valence-corrected chi connectivity index (χ3v) is 5.89. The van der Waals surface area contributed by atoms with Gasteiger partial charge in [-0.15, -0.1) is 0 Å². The highest BCUT2D eigenvalue weighted by Crippen LogP contribution is 2.30. The molecule has 1 saturated heterocycles. The summed E-state index contributed by atoms with van der Waals surface area (Å²) in [5.74, 6) is 3.62. The van der Waals surface area contributed by atoms with Gasteiger partial charge >= 0.3 is 0 Å². The van der Waals surface area contributed by atoms with Gasteiger partial charge in [0.25, 0.3) is 0 Å². The van der Waals surface area contributed by atoms with Crippen molar-refractivity contribution in [2.45, 2.75) is 44.6 Å².